The highest BCUT2D eigenvalue weighted by molar-refractivity contribution is 7.48. The van der Waals surface area contributed by atoms with Crippen molar-refractivity contribution in [3.05, 3.63) is 12.2 Å². The Morgan fingerprint density at radius 1 is 1.60 bits per heavy atom. The summed E-state index contributed by atoms with van der Waals surface area (Å²) in [5.41, 5.74) is -0.0596. The zero-order valence-corrected chi connectivity index (χ0v) is 9.01. The van der Waals surface area contributed by atoms with Crippen LogP contribution in [-0.4, -0.2) is 40.4 Å². The van der Waals surface area contributed by atoms with Crippen molar-refractivity contribution in [2.45, 2.75) is 13.0 Å². The van der Waals surface area contributed by atoms with Crippen LogP contribution in [-0.2, 0) is 18.4 Å². The molecule has 7 nitrogen and oxygen atoms in total. The Morgan fingerprint density at radius 2 is 2.13 bits per heavy atom. The molecule has 0 bridgehead atoms. The molecule has 0 heterocycles. The standard InChI is InChI=1S/C7H13O7P/c1-5(2)7(10)14-15(11,12)13-4-6(9)3-8/h6,8-9H,1,3-4H2,2H3,(H,11,12). The van der Waals surface area contributed by atoms with E-state index in [-0.39, 0.29) is 5.57 Å². The molecule has 8 heteroatoms. The second-order valence-corrected chi connectivity index (χ2v) is 4.14. The number of carbonyl (C=O) groups excluding carboxylic acids is 1. The minimum atomic E-state index is -4.55. The third-order valence-corrected chi connectivity index (χ3v) is 2.06. The van der Waals surface area contributed by atoms with Crippen molar-refractivity contribution in [2.24, 2.45) is 0 Å². The highest BCUT2D eigenvalue weighted by atomic mass is 31.2. The van der Waals surface area contributed by atoms with E-state index < -0.39 is 33.1 Å². The summed E-state index contributed by atoms with van der Waals surface area (Å²) >= 11 is 0. The van der Waals surface area contributed by atoms with E-state index in [4.69, 9.17) is 15.1 Å². The Bertz CT molecular complexity index is 287. The van der Waals surface area contributed by atoms with E-state index in [2.05, 4.69) is 15.6 Å². The molecule has 0 aromatic carbocycles. The van der Waals surface area contributed by atoms with Crippen LogP contribution in [0.5, 0.6) is 0 Å². The molecule has 15 heavy (non-hydrogen) atoms. The third-order valence-electron chi connectivity index (χ3n) is 1.19. The van der Waals surface area contributed by atoms with Gasteiger partial charge in [-0.15, -0.1) is 0 Å². The Balaban J connectivity index is 4.14. The number of aliphatic hydroxyl groups excluding tert-OH is 2. The van der Waals surface area contributed by atoms with E-state index in [9.17, 15) is 9.36 Å². The molecule has 3 N–H and O–H groups in total. The van der Waals surface area contributed by atoms with Crippen LogP contribution in [0, 0.1) is 0 Å². The molecule has 0 spiro atoms. The summed E-state index contributed by atoms with van der Waals surface area (Å²) in [4.78, 5) is 19.8. The first kappa shape index (κ1) is 14.3. The van der Waals surface area contributed by atoms with E-state index in [1.165, 1.54) is 6.92 Å². The quantitative estimate of drug-likeness (QED) is 0.426. The molecule has 0 aliphatic heterocycles. The van der Waals surface area contributed by atoms with Gasteiger partial charge in [-0.3, -0.25) is 9.42 Å². The maximum absolute atomic E-state index is 11.0. The molecule has 0 rings (SSSR count). The topological polar surface area (TPSA) is 113 Å². The van der Waals surface area contributed by atoms with Crippen molar-refractivity contribution < 1.29 is 33.5 Å². The van der Waals surface area contributed by atoms with Crippen molar-refractivity contribution in [2.75, 3.05) is 13.2 Å². The van der Waals surface area contributed by atoms with Gasteiger partial charge in [-0.2, -0.15) is 0 Å². The Hall–Kier alpha value is -0.720. The van der Waals surface area contributed by atoms with Crippen LogP contribution in [0.25, 0.3) is 0 Å². The lowest BCUT2D eigenvalue weighted by Gasteiger charge is -2.13. The third kappa shape index (κ3) is 6.38. The van der Waals surface area contributed by atoms with Gasteiger partial charge in [-0.1, -0.05) is 6.58 Å². The molecular formula is C7H13O7P. The summed E-state index contributed by atoms with van der Waals surface area (Å²) in [5, 5.41) is 17.2. The minimum Gasteiger partial charge on any atom is -0.394 e. The lowest BCUT2D eigenvalue weighted by molar-refractivity contribution is -0.131. The molecule has 0 aliphatic rings. The number of hydrogen-bond acceptors (Lipinski definition) is 6. The summed E-state index contributed by atoms with van der Waals surface area (Å²) in [6, 6.07) is 0. The number of aliphatic hydroxyl groups is 2. The van der Waals surface area contributed by atoms with Crippen LogP contribution in [0.4, 0.5) is 0 Å². The predicted octanol–water partition coefficient (Wildman–Crippen LogP) is -0.424. The fourth-order valence-corrected chi connectivity index (χ4v) is 1.22. The van der Waals surface area contributed by atoms with E-state index in [1.54, 1.807) is 0 Å². The van der Waals surface area contributed by atoms with Crippen LogP contribution in [0.2, 0.25) is 0 Å². The molecule has 2 atom stereocenters. The van der Waals surface area contributed by atoms with Crippen LogP contribution in [0.3, 0.4) is 0 Å². The summed E-state index contributed by atoms with van der Waals surface area (Å²) < 4.78 is 19.3. The van der Waals surface area contributed by atoms with Crippen molar-refractivity contribution >= 4 is 13.8 Å². The maximum Gasteiger partial charge on any atom is 0.529 e. The maximum atomic E-state index is 11.0. The van der Waals surface area contributed by atoms with Gasteiger partial charge in [0.1, 0.15) is 6.10 Å². The molecule has 2 unspecified atom stereocenters. The van der Waals surface area contributed by atoms with E-state index in [0.29, 0.717) is 0 Å². The summed E-state index contributed by atoms with van der Waals surface area (Å²) in [6.07, 6.45) is -1.31. The highest BCUT2D eigenvalue weighted by Crippen LogP contribution is 2.43. The van der Waals surface area contributed by atoms with Gasteiger partial charge in [0.2, 0.25) is 0 Å². The van der Waals surface area contributed by atoms with Crippen molar-refractivity contribution in [3.8, 4) is 0 Å². The Morgan fingerprint density at radius 3 is 2.53 bits per heavy atom. The summed E-state index contributed by atoms with van der Waals surface area (Å²) in [6.45, 7) is 3.25. The van der Waals surface area contributed by atoms with E-state index in [1.807, 2.05) is 0 Å². The number of carbonyl (C=O) groups is 1. The molecule has 0 aromatic rings. The fraction of sp³-hybridized carbons (Fsp3) is 0.571. The van der Waals surface area contributed by atoms with Crippen molar-refractivity contribution in [1.29, 1.82) is 0 Å². The van der Waals surface area contributed by atoms with Gasteiger partial charge < -0.3 is 14.7 Å². The second kappa shape index (κ2) is 5.99. The van der Waals surface area contributed by atoms with E-state index in [0.717, 1.165) is 0 Å². The minimum absolute atomic E-state index is 0.0596. The molecule has 0 amide bonds. The van der Waals surface area contributed by atoms with Gasteiger partial charge >= 0.3 is 13.8 Å². The number of phosphoric acid groups is 1. The zero-order chi connectivity index (χ0) is 12.1. The van der Waals surface area contributed by atoms with Gasteiger partial charge in [0.05, 0.1) is 13.2 Å². The van der Waals surface area contributed by atoms with Crippen LogP contribution in [0.1, 0.15) is 6.92 Å². The Labute approximate surface area is 86.6 Å². The van der Waals surface area contributed by atoms with Crippen molar-refractivity contribution in [1.82, 2.24) is 0 Å². The van der Waals surface area contributed by atoms with Crippen LogP contribution >= 0.6 is 7.82 Å². The fourth-order valence-electron chi connectivity index (χ4n) is 0.442. The van der Waals surface area contributed by atoms with Gasteiger partial charge in [-0.05, 0) is 6.92 Å². The summed E-state index contributed by atoms with van der Waals surface area (Å²) in [5.74, 6) is -1.07. The average Bonchev–Trinajstić information content (AvgIpc) is 2.13. The van der Waals surface area contributed by atoms with E-state index >= 15 is 0 Å². The van der Waals surface area contributed by atoms with Crippen molar-refractivity contribution in [3.63, 3.8) is 0 Å². The largest absolute Gasteiger partial charge is 0.529 e. The first-order valence-electron chi connectivity index (χ1n) is 3.94. The molecule has 0 aliphatic carbocycles. The van der Waals surface area contributed by atoms with Gasteiger partial charge in [0.15, 0.2) is 0 Å². The van der Waals surface area contributed by atoms with Gasteiger partial charge in [-0.25, -0.2) is 9.36 Å². The van der Waals surface area contributed by atoms with Gasteiger partial charge in [0, 0.05) is 5.57 Å². The lowest BCUT2D eigenvalue weighted by Crippen LogP contribution is -2.19. The molecule has 0 aromatic heterocycles. The Kier molecular flexibility index (Phi) is 5.71. The second-order valence-electron chi connectivity index (χ2n) is 2.76. The predicted molar refractivity (Wildman–Crippen MR) is 49.8 cm³/mol. The molecule has 0 fully saturated rings. The number of rotatable bonds is 6. The molecular weight excluding hydrogens is 227 g/mol. The zero-order valence-electron chi connectivity index (χ0n) is 8.12. The highest BCUT2D eigenvalue weighted by Gasteiger charge is 2.27. The molecule has 0 saturated carbocycles. The first-order valence-corrected chi connectivity index (χ1v) is 5.43. The number of hydrogen-bond donors (Lipinski definition) is 3. The summed E-state index contributed by atoms with van der Waals surface area (Å²) in [7, 11) is -4.55. The smallest absolute Gasteiger partial charge is 0.394 e. The molecule has 0 saturated heterocycles. The number of phosphoric ester groups is 1. The monoisotopic (exact) mass is 240 g/mol. The molecule has 88 valence electrons. The lowest BCUT2D eigenvalue weighted by atomic mass is 10.4. The first-order chi connectivity index (χ1) is 6.78. The normalized spacial score (nSPS) is 16.5. The van der Waals surface area contributed by atoms with Crippen LogP contribution in [0.15, 0.2) is 12.2 Å². The average molecular weight is 240 g/mol. The van der Waals surface area contributed by atoms with Gasteiger partial charge in [0.25, 0.3) is 0 Å². The SMILES string of the molecule is C=C(C)C(=O)OP(=O)(O)OCC(O)CO. The molecule has 0 radical (unpaired) electrons. The van der Waals surface area contributed by atoms with Crippen LogP contribution < -0.4 is 0 Å².